The molecule has 0 atom stereocenters. The van der Waals surface area contributed by atoms with E-state index in [1.165, 1.54) is 15.3 Å². The van der Waals surface area contributed by atoms with Crippen LogP contribution in [0.25, 0.3) is 17.0 Å². The highest BCUT2D eigenvalue weighted by Gasteiger charge is 2.09. The lowest BCUT2D eigenvalue weighted by Gasteiger charge is -2.05. The van der Waals surface area contributed by atoms with E-state index in [-0.39, 0.29) is 12.1 Å². The topological polar surface area (TPSA) is 78.0 Å². The van der Waals surface area contributed by atoms with Crippen molar-refractivity contribution in [2.24, 2.45) is 0 Å². The fourth-order valence-electron chi connectivity index (χ4n) is 2.56. The molecule has 0 aliphatic rings. The molecule has 0 N–H and O–H groups in total. The quantitative estimate of drug-likeness (QED) is 0.565. The van der Waals surface area contributed by atoms with Crippen LogP contribution in [-0.4, -0.2) is 29.6 Å². The van der Waals surface area contributed by atoms with Gasteiger partial charge in [-0.05, 0) is 48.0 Å². The average Bonchev–Trinajstić information content (AvgIpc) is 3.05. The molecule has 8 heteroatoms. The molecule has 1 aromatic carbocycles. The van der Waals surface area contributed by atoms with Crippen molar-refractivity contribution in [3.63, 3.8) is 0 Å². The van der Waals surface area contributed by atoms with E-state index >= 15 is 0 Å². The van der Waals surface area contributed by atoms with Gasteiger partial charge < -0.3 is 0 Å². The summed E-state index contributed by atoms with van der Waals surface area (Å²) in [5, 5.41) is 13.1. The van der Waals surface area contributed by atoms with Gasteiger partial charge in [-0.3, -0.25) is 9.20 Å². The minimum atomic E-state index is -0.137. The molecule has 0 radical (unpaired) electrons. The average molecular weight is 353 g/mol. The molecule has 7 nitrogen and oxygen atoms in total. The Kier molecular flexibility index (Phi) is 3.77. The molecular weight excluding hydrogens is 340 g/mol. The minimum absolute atomic E-state index is 0.137. The Morgan fingerprint density at radius 1 is 1.16 bits per heavy atom. The minimum Gasteiger partial charge on any atom is -0.269 e. The van der Waals surface area contributed by atoms with Gasteiger partial charge in [0.15, 0.2) is 0 Å². The molecule has 3 heterocycles. The number of aromatic nitrogens is 6. The number of fused-ring (bicyclic) bond motifs is 1. The van der Waals surface area contributed by atoms with Crippen LogP contribution in [0.15, 0.2) is 53.5 Å². The molecule has 0 bridgehead atoms. The van der Waals surface area contributed by atoms with Crippen molar-refractivity contribution in [1.82, 2.24) is 29.6 Å². The van der Waals surface area contributed by atoms with Crippen LogP contribution in [0.2, 0.25) is 5.02 Å². The molecule has 0 saturated heterocycles. The van der Waals surface area contributed by atoms with Gasteiger partial charge in [0.25, 0.3) is 5.56 Å². The van der Waals surface area contributed by atoms with E-state index in [0.717, 1.165) is 11.1 Å². The van der Waals surface area contributed by atoms with Crippen LogP contribution in [0.1, 0.15) is 11.3 Å². The number of halogens is 1. The predicted molar refractivity (Wildman–Crippen MR) is 93.6 cm³/mol. The maximum absolute atomic E-state index is 12.2. The molecule has 0 unspecified atom stereocenters. The molecule has 124 valence electrons. The summed E-state index contributed by atoms with van der Waals surface area (Å²) in [7, 11) is 0. The molecule has 0 fully saturated rings. The second kappa shape index (κ2) is 6.10. The number of hydrogen-bond donors (Lipinski definition) is 0. The van der Waals surface area contributed by atoms with E-state index in [4.69, 9.17) is 11.6 Å². The molecule has 3 aromatic heterocycles. The summed E-state index contributed by atoms with van der Waals surface area (Å²) in [4.78, 5) is 18.2. The molecular formula is C17H13ClN6O. The molecule has 4 rings (SSSR count). The first-order valence-electron chi connectivity index (χ1n) is 7.62. The van der Waals surface area contributed by atoms with Crippen LogP contribution >= 0.6 is 11.6 Å². The highest BCUT2D eigenvalue weighted by atomic mass is 35.5. The van der Waals surface area contributed by atoms with Gasteiger partial charge in [0.1, 0.15) is 12.2 Å². The van der Waals surface area contributed by atoms with Gasteiger partial charge in [0.2, 0.25) is 5.82 Å². The lowest BCUT2D eigenvalue weighted by atomic mass is 10.2. The van der Waals surface area contributed by atoms with Gasteiger partial charge in [-0.25, -0.2) is 4.98 Å². The van der Waals surface area contributed by atoms with Crippen LogP contribution in [0.5, 0.6) is 0 Å². The smallest absolute Gasteiger partial charge is 0.258 e. The first kappa shape index (κ1) is 15.5. The molecule has 0 saturated carbocycles. The third kappa shape index (κ3) is 3.01. The summed E-state index contributed by atoms with van der Waals surface area (Å²) in [6.07, 6.45) is 1.70. The summed E-state index contributed by atoms with van der Waals surface area (Å²) in [6, 6.07) is 12.4. The second-order valence-electron chi connectivity index (χ2n) is 5.62. The number of pyridine rings is 1. The maximum Gasteiger partial charge on any atom is 0.258 e. The zero-order chi connectivity index (χ0) is 17.4. The summed E-state index contributed by atoms with van der Waals surface area (Å²) in [6.45, 7) is 2.18. The van der Waals surface area contributed by atoms with Gasteiger partial charge in [0.05, 0.1) is 5.69 Å². The highest BCUT2D eigenvalue weighted by Crippen LogP contribution is 2.17. The zero-order valence-electron chi connectivity index (χ0n) is 13.3. The van der Waals surface area contributed by atoms with E-state index in [1.54, 1.807) is 18.3 Å². The summed E-state index contributed by atoms with van der Waals surface area (Å²) >= 11 is 5.89. The standard InChI is InChI=1S/C17H13ClN6O/c1-11-3-2-8-23-15(25)9-14(19-17(11)23)10-24-21-16(20-22-24)12-4-6-13(18)7-5-12/h2-9H,10H2,1H3. The van der Waals surface area contributed by atoms with Gasteiger partial charge in [-0.15, -0.1) is 10.2 Å². The Hall–Kier alpha value is -3.06. The number of aryl methyl sites for hydroxylation is 1. The van der Waals surface area contributed by atoms with Crippen LogP contribution < -0.4 is 5.56 Å². The molecule has 0 amide bonds. The molecule has 0 spiro atoms. The first-order chi connectivity index (χ1) is 12.1. The SMILES string of the molecule is Cc1cccn2c(=O)cc(Cn3nnc(-c4ccc(Cl)cc4)n3)nc12. The summed E-state index contributed by atoms with van der Waals surface area (Å²) in [5.41, 5.74) is 2.82. The normalized spacial score (nSPS) is 11.1. The van der Waals surface area contributed by atoms with Crippen molar-refractivity contribution < 1.29 is 0 Å². The van der Waals surface area contributed by atoms with Crippen molar-refractivity contribution in [3.8, 4) is 11.4 Å². The van der Waals surface area contributed by atoms with Crippen LogP contribution in [-0.2, 0) is 6.54 Å². The van der Waals surface area contributed by atoms with Crippen LogP contribution in [0.3, 0.4) is 0 Å². The Balaban J connectivity index is 1.67. The Labute approximate surface area is 147 Å². The van der Waals surface area contributed by atoms with Crippen molar-refractivity contribution >= 4 is 17.2 Å². The Morgan fingerprint density at radius 2 is 1.96 bits per heavy atom. The Bertz CT molecular complexity index is 1120. The van der Waals surface area contributed by atoms with Gasteiger partial charge in [-0.1, -0.05) is 17.7 Å². The van der Waals surface area contributed by atoms with Gasteiger partial charge in [-0.2, -0.15) is 4.80 Å². The lowest BCUT2D eigenvalue weighted by Crippen LogP contribution is -2.18. The maximum atomic E-state index is 12.2. The lowest BCUT2D eigenvalue weighted by molar-refractivity contribution is 0.564. The van der Waals surface area contributed by atoms with E-state index in [2.05, 4.69) is 20.4 Å². The Morgan fingerprint density at radius 3 is 2.76 bits per heavy atom. The molecule has 25 heavy (non-hydrogen) atoms. The third-order valence-electron chi connectivity index (χ3n) is 3.80. The van der Waals surface area contributed by atoms with Crippen LogP contribution in [0.4, 0.5) is 0 Å². The second-order valence-corrected chi connectivity index (χ2v) is 6.06. The number of rotatable bonds is 3. The fourth-order valence-corrected chi connectivity index (χ4v) is 2.69. The number of tetrazole rings is 1. The first-order valence-corrected chi connectivity index (χ1v) is 7.99. The number of benzene rings is 1. The van der Waals surface area contributed by atoms with Crippen molar-refractivity contribution in [2.75, 3.05) is 0 Å². The largest absolute Gasteiger partial charge is 0.269 e. The number of nitrogens with zero attached hydrogens (tertiary/aromatic N) is 6. The summed E-state index contributed by atoms with van der Waals surface area (Å²) in [5.74, 6) is 0.491. The monoisotopic (exact) mass is 352 g/mol. The van der Waals surface area contributed by atoms with E-state index in [1.807, 2.05) is 31.2 Å². The summed E-state index contributed by atoms with van der Waals surface area (Å²) < 4.78 is 1.52. The molecule has 4 aromatic rings. The predicted octanol–water partition coefficient (Wildman–Crippen LogP) is 2.36. The van der Waals surface area contributed by atoms with Crippen molar-refractivity contribution in [3.05, 3.63) is 75.3 Å². The van der Waals surface area contributed by atoms with E-state index in [0.29, 0.717) is 22.2 Å². The van der Waals surface area contributed by atoms with Crippen LogP contribution in [0, 0.1) is 6.92 Å². The van der Waals surface area contributed by atoms with Crippen molar-refractivity contribution in [2.45, 2.75) is 13.5 Å². The molecule has 0 aliphatic heterocycles. The van der Waals surface area contributed by atoms with E-state index < -0.39 is 0 Å². The molecule has 0 aliphatic carbocycles. The zero-order valence-corrected chi connectivity index (χ0v) is 14.1. The fraction of sp³-hybridized carbons (Fsp3) is 0.118. The van der Waals surface area contributed by atoms with Crippen molar-refractivity contribution in [1.29, 1.82) is 0 Å². The van der Waals surface area contributed by atoms with E-state index in [9.17, 15) is 4.79 Å². The highest BCUT2D eigenvalue weighted by molar-refractivity contribution is 6.30. The van der Waals surface area contributed by atoms with Gasteiger partial charge >= 0.3 is 0 Å². The third-order valence-corrected chi connectivity index (χ3v) is 4.05. The number of hydrogen-bond acceptors (Lipinski definition) is 5. The van der Waals surface area contributed by atoms with Gasteiger partial charge in [0, 0.05) is 22.8 Å².